The molecule has 0 atom stereocenters. The van der Waals surface area contributed by atoms with Gasteiger partial charge in [0, 0.05) is 26.1 Å². The van der Waals surface area contributed by atoms with Crippen LogP contribution in [0, 0.1) is 0 Å². The van der Waals surface area contributed by atoms with Crippen molar-refractivity contribution in [1.29, 1.82) is 0 Å². The molecule has 30 heavy (non-hydrogen) atoms. The van der Waals surface area contributed by atoms with Crippen LogP contribution in [0.5, 0.6) is 11.5 Å². The maximum absolute atomic E-state index is 12.5. The SMILES string of the molecule is CCNC(=NCc1ccc(OC(F)F)c(OCC)c1)NCCn1cnnc1CC.I. The summed E-state index contributed by atoms with van der Waals surface area (Å²) < 4.78 is 36.9. The predicted octanol–water partition coefficient (Wildman–Crippen LogP) is 3.21. The van der Waals surface area contributed by atoms with Gasteiger partial charge in [0.05, 0.1) is 13.2 Å². The molecule has 0 bridgehead atoms. The van der Waals surface area contributed by atoms with Gasteiger partial charge in [0.1, 0.15) is 12.2 Å². The second-order valence-corrected chi connectivity index (χ2v) is 6.01. The summed E-state index contributed by atoms with van der Waals surface area (Å²) in [4.78, 5) is 4.55. The number of aryl methyl sites for hydroxylation is 1. The van der Waals surface area contributed by atoms with Gasteiger partial charge >= 0.3 is 6.61 Å². The van der Waals surface area contributed by atoms with E-state index in [9.17, 15) is 8.78 Å². The molecule has 0 aliphatic rings. The zero-order valence-electron chi connectivity index (χ0n) is 17.4. The Morgan fingerprint density at radius 1 is 1.20 bits per heavy atom. The van der Waals surface area contributed by atoms with Gasteiger partial charge in [-0.15, -0.1) is 34.2 Å². The minimum absolute atomic E-state index is 0. The van der Waals surface area contributed by atoms with E-state index >= 15 is 0 Å². The van der Waals surface area contributed by atoms with Crippen LogP contribution >= 0.6 is 24.0 Å². The normalized spacial score (nSPS) is 11.2. The van der Waals surface area contributed by atoms with Gasteiger partial charge in [0.25, 0.3) is 0 Å². The first kappa shape index (κ1) is 25.9. The monoisotopic (exact) mass is 538 g/mol. The molecule has 0 radical (unpaired) electrons. The maximum atomic E-state index is 12.5. The second-order valence-electron chi connectivity index (χ2n) is 6.01. The van der Waals surface area contributed by atoms with E-state index in [4.69, 9.17) is 4.74 Å². The van der Waals surface area contributed by atoms with E-state index in [0.29, 0.717) is 32.2 Å². The van der Waals surface area contributed by atoms with Gasteiger partial charge in [-0.2, -0.15) is 8.78 Å². The van der Waals surface area contributed by atoms with Crippen LogP contribution in [0.3, 0.4) is 0 Å². The molecule has 0 aliphatic heterocycles. The van der Waals surface area contributed by atoms with Gasteiger partial charge in [-0.25, -0.2) is 4.99 Å². The molecule has 2 rings (SSSR count). The molecule has 0 saturated heterocycles. The highest BCUT2D eigenvalue weighted by molar-refractivity contribution is 14.0. The molecule has 1 aromatic carbocycles. The van der Waals surface area contributed by atoms with E-state index in [1.165, 1.54) is 6.07 Å². The zero-order valence-corrected chi connectivity index (χ0v) is 19.7. The minimum Gasteiger partial charge on any atom is -0.490 e. The van der Waals surface area contributed by atoms with Crippen molar-refractivity contribution in [2.24, 2.45) is 4.99 Å². The minimum atomic E-state index is -2.90. The smallest absolute Gasteiger partial charge is 0.387 e. The summed E-state index contributed by atoms with van der Waals surface area (Å²) in [5, 5.41) is 14.4. The number of guanidine groups is 1. The highest BCUT2D eigenvalue weighted by Gasteiger charge is 2.11. The van der Waals surface area contributed by atoms with E-state index < -0.39 is 6.61 Å². The third kappa shape index (κ3) is 8.28. The molecule has 2 N–H and O–H groups in total. The summed E-state index contributed by atoms with van der Waals surface area (Å²) in [5.41, 5.74) is 0.819. The van der Waals surface area contributed by atoms with E-state index in [2.05, 4.69) is 30.6 Å². The molecule has 0 saturated carbocycles. The number of hydrogen-bond acceptors (Lipinski definition) is 5. The van der Waals surface area contributed by atoms with E-state index in [0.717, 1.165) is 24.4 Å². The Balaban J connectivity index is 0.00000450. The molecule has 0 fully saturated rings. The Labute approximate surface area is 192 Å². The number of benzene rings is 1. The maximum Gasteiger partial charge on any atom is 0.387 e. The molecular formula is C19H29F2IN6O2. The first-order valence-corrected chi connectivity index (χ1v) is 9.66. The molecule has 0 spiro atoms. The van der Waals surface area contributed by atoms with Gasteiger partial charge in [-0.1, -0.05) is 13.0 Å². The quantitative estimate of drug-likeness (QED) is 0.260. The molecule has 1 heterocycles. The Bertz CT molecular complexity index is 788. The predicted molar refractivity (Wildman–Crippen MR) is 122 cm³/mol. The largest absolute Gasteiger partial charge is 0.490 e. The molecule has 168 valence electrons. The summed E-state index contributed by atoms with van der Waals surface area (Å²) in [6.07, 6.45) is 2.53. The van der Waals surface area contributed by atoms with Gasteiger partial charge < -0.3 is 24.7 Å². The molecular weight excluding hydrogens is 509 g/mol. The fraction of sp³-hybridized carbons (Fsp3) is 0.526. The lowest BCUT2D eigenvalue weighted by Gasteiger charge is -2.14. The number of alkyl halides is 2. The fourth-order valence-electron chi connectivity index (χ4n) is 2.66. The van der Waals surface area contributed by atoms with Crippen LogP contribution in [0.4, 0.5) is 8.78 Å². The van der Waals surface area contributed by atoms with Crippen LogP contribution in [0.15, 0.2) is 29.5 Å². The van der Waals surface area contributed by atoms with Crippen molar-refractivity contribution in [3.63, 3.8) is 0 Å². The Morgan fingerprint density at radius 2 is 2.00 bits per heavy atom. The van der Waals surface area contributed by atoms with Crippen molar-refractivity contribution in [1.82, 2.24) is 25.4 Å². The van der Waals surface area contributed by atoms with Crippen LogP contribution in [-0.4, -0.2) is 47.0 Å². The molecule has 8 nitrogen and oxygen atoms in total. The van der Waals surface area contributed by atoms with Crippen LogP contribution in [0.2, 0.25) is 0 Å². The number of aliphatic imine (C=N–C) groups is 1. The van der Waals surface area contributed by atoms with Crippen molar-refractivity contribution in [3.8, 4) is 11.5 Å². The Kier molecular flexibility index (Phi) is 12.0. The molecule has 0 unspecified atom stereocenters. The van der Waals surface area contributed by atoms with E-state index in [1.54, 1.807) is 25.4 Å². The van der Waals surface area contributed by atoms with Crippen molar-refractivity contribution >= 4 is 29.9 Å². The number of aromatic nitrogens is 3. The van der Waals surface area contributed by atoms with Crippen molar-refractivity contribution in [2.75, 3.05) is 19.7 Å². The molecule has 2 aromatic rings. The first-order chi connectivity index (χ1) is 14.1. The standard InChI is InChI=1S/C19H28F2N6O2.HI/c1-4-17-26-25-13-27(17)10-9-23-19(22-5-2)24-12-14-7-8-15(29-18(20)21)16(11-14)28-6-3;/h7-8,11,13,18H,4-6,9-10,12H2,1-3H3,(H2,22,23,24);1H. The summed E-state index contributed by atoms with van der Waals surface area (Å²) in [5.74, 6) is 1.88. The summed E-state index contributed by atoms with van der Waals surface area (Å²) in [6, 6.07) is 4.83. The molecule has 1 aromatic heterocycles. The lowest BCUT2D eigenvalue weighted by atomic mass is 10.2. The lowest BCUT2D eigenvalue weighted by molar-refractivity contribution is -0.0514. The highest BCUT2D eigenvalue weighted by Crippen LogP contribution is 2.30. The molecule has 0 amide bonds. The number of nitrogens with one attached hydrogen (secondary N) is 2. The summed E-state index contributed by atoms with van der Waals surface area (Å²) in [6.45, 7) is 5.69. The van der Waals surface area contributed by atoms with E-state index in [-0.39, 0.29) is 35.5 Å². The van der Waals surface area contributed by atoms with E-state index in [1.807, 2.05) is 18.4 Å². The first-order valence-electron chi connectivity index (χ1n) is 9.66. The topological polar surface area (TPSA) is 85.6 Å². The Hall–Kier alpha value is -2.18. The zero-order chi connectivity index (χ0) is 21.1. The number of nitrogens with zero attached hydrogens (tertiary/aromatic N) is 4. The molecule has 11 heteroatoms. The average Bonchev–Trinajstić information content (AvgIpc) is 3.15. The summed E-state index contributed by atoms with van der Waals surface area (Å²) >= 11 is 0. The highest BCUT2D eigenvalue weighted by atomic mass is 127. The summed E-state index contributed by atoms with van der Waals surface area (Å²) in [7, 11) is 0. The van der Waals surface area contributed by atoms with Crippen molar-refractivity contribution in [2.45, 2.75) is 46.9 Å². The van der Waals surface area contributed by atoms with Crippen LogP contribution in [-0.2, 0) is 19.5 Å². The lowest BCUT2D eigenvalue weighted by Crippen LogP contribution is -2.38. The number of hydrogen-bond donors (Lipinski definition) is 2. The number of halogens is 3. The fourth-order valence-corrected chi connectivity index (χ4v) is 2.66. The number of rotatable bonds is 11. The third-order valence-electron chi connectivity index (χ3n) is 3.95. The van der Waals surface area contributed by atoms with Gasteiger partial charge in [0.15, 0.2) is 17.5 Å². The van der Waals surface area contributed by atoms with Gasteiger partial charge in [-0.05, 0) is 31.5 Å². The van der Waals surface area contributed by atoms with Crippen molar-refractivity contribution in [3.05, 3.63) is 35.9 Å². The molecule has 0 aliphatic carbocycles. The Morgan fingerprint density at radius 3 is 2.67 bits per heavy atom. The average molecular weight is 538 g/mol. The van der Waals surface area contributed by atoms with Gasteiger partial charge in [0.2, 0.25) is 0 Å². The van der Waals surface area contributed by atoms with Crippen LogP contribution in [0.25, 0.3) is 0 Å². The van der Waals surface area contributed by atoms with Crippen LogP contribution < -0.4 is 20.1 Å². The van der Waals surface area contributed by atoms with Gasteiger partial charge in [-0.3, -0.25) is 0 Å². The van der Waals surface area contributed by atoms with Crippen molar-refractivity contribution < 1.29 is 18.3 Å². The third-order valence-corrected chi connectivity index (χ3v) is 3.95. The second kappa shape index (κ2) is 13.9. The number of ether oxygens (including phenoxy) is 2. The van der Waals surface area contributed by atoms with Crippen LogP contribution in [0.1, 0.15) is 32.2 Å².